The molecular weight excluding hydrogens is 222 g/mol. The summed E-state index contributed by atoms with van der Waals surface area (Å²) < 4.78 is 5.87. The molecule has 2 nitrogen and oxygen atoms in total. The molecule has 0 amide bonds. The number of rotatable bonds is 5. The van der Waals surface area contributed by atoms with Crippen LogP contribution in [0.5, 0.6) is 5.75 Å². The van der Waals surface area contributed by atoms with Crippen molar-refractivity contribution in [1.29, 1.82) is 0 Å². The van der Waals surface area contributed by atoms with Crippen LogP contribution in [-0.2, 0) is 0 Å². The molecule has 0 heterocycles. The standard InChI is InChI=1S/C16H27NO/c1-12-9-13(2)15(14(3)10-12)18-8-7-17-11-16(4,5)6/h9-10,17H,7-8,11H2,1-6H3. The van der Waals surface area contributed by atoms with E-state index < -0.39 is 0 Å². The third-order valence-corrected chi connectivity index (χ3v) is 2.79. The molecule has 2 heteroatoms. The predicted octanol–water partition coefficient (Wildman–Crippen LogP) is 3.63. The fraction of sp³-hybridized carbons (Fsp3) is 0.625. The minimum atomic E-state index is 0.329. The number of hydrogen-bond donors (Lipinski definition) is 1. The van der Waals surface area contributed by atoms with Gasteiger partial charge in [0.05, 0.1) is 0 Å². The Morgan fingerprint density at radius 3 is 2.11 bits per heavy atom. The van der Waals surface area contributed by atoms with Crippen LogP contribution in [0.15, 0.2) is 12.1 Å². The van der Waals surface area contributed by atoms with Crippen LogP contribution in [0, 0.1) is 26.2 Å². The van der Waals surface area contributed by atoms with Crippen molar-refractivity contribution in [3.63, 3.8) is 0 Å². The molecular formula is C16H27NO. The summed E-state index contributed by atoms with van der Waals surface area (Å²) in [6.45, 7) is 15.7. The zero-order chi connectivity index (χ0) is 13.8. The van der Waals surface area contributed by atoms with Crippen LogP contribution < -0.4 is 10.1 Å². The zero-order valence-electron chi connectivity index (χ0n) is 12.7. The Bertz CT molecular complexity index is 368. The first kappa shape index (κ1) is 15.0. The van der Waals surface area contributed by atoms with Gasteiger partial charge in [-0.2, -0.15) is 0 Å². The second-order valence-electron chi connectivity index (χ2n) is 6.31. The van der Waals surface area contributed by atoms with Crippen molar-refractivity contribution in [1.82, 2.24) is 5.32 Å². The Labute approximate surface area is 112 Å². The summed E-state index contributed by atoms with van der Waals surface area (Å²) >= 11 is 0. The van der Waals surface area contributed by atoms with Crippen LogP contribution in [0.25, 0.3) is 0 Å². The van der Waals surface area contributed by atoms with E-state index in [0.717, 1.165) is 25.4 Å². The maximum Gasteiger partial charge on any atom is 0.125 e. The summed E-state index contributed by atoms with van der Waals surface area (Å²) in [4.78, 5) is 0. The molecule has 0 aliphatic rings. The SMILES string of the molecule is Cc1cc(C)c(OCCNCC(C)(C)C)c(C)c1. The summed E-state index contributed by atoms with van der Waals surface area (Å²) in [5.41, 5.74) is 4.07. The van der Waals surface area contributed by atoms with Gasteiger partial charge in [-0.15, -0.1) is 0 Å². The highest BCUT2D eigenvalue weighted by atomic mass is 16.5. The van der Waals surface area contributed by atoms with Crippen LogP contribution >= 0.6 is 0 Å². The van der Waals surface area contributed by atoms with E-state index in [0.29, 0.717) is 5.41 Å². The van der Waals surface area contributed by atoms with Crippen LogP contribution in [0.3, 0.4) is 0 Å². The summed E-state index contributed by atoms with van der Waals surface area (Å²) in [6, 6.07) is 4.34. The van der Waals surface area contributed by atoms with E-state index in [4.69, 9.17) is 4.74 Å². The van der Waals surface area contributed by atoms with Gasteiger partial charge in [0.15, 0.2) is 0 Å². The van der Waals surface area contributed by atoms with Gasteiger partial charge in [0.25, 0.3) is 0 Å². The van der Waals surface area contributed by atoms with Crippen molar-refractivity contribution < 1.29 is 4.74 Å². The van der Waals surface area contributed by atoms with Crippen molar-refractivity contribution in [2.45, 2.75) is 41.5 Å². The minimum Gasteiger partial charge on any atom is -0.492 e. The summed E-state index contributed by atoms with van der Waals surface area (Å²) in [5.74, 6) is 1.04. The average molecular weight is 249 g/mol. The second-order valence-corrected chi connectivity index (χ2v) is 6.31. The number of hydrogen-bond acceptors (Lipinski definition) is 2. The molecule has 0 spiro atoms. The Hall–Kier alpha value is -1.02. The third-order valence-electron chi connectivity index (χ3n) is 2.79. The topological polar surface area (TPSA) is 21.3 Å². The molecule has 0 bridgehead atoms. The molecule has 0 unspecified atom stereocenters. The van der Waals surface area contributed by atoms with Gasteiger partial charge in [0, 0.05) is 13.1 Å². The number of ether oxygens (including phenoxy) is 1. The van der Waals surface area contributed by atoms with Gasteiger partial charge < -0.3 is 10.1 Å². The first-order valence-electron chi connectivity index (χ1n) is 6.71. The molecule has 1 aromatic rings. The molecule has 0 fully saturated rings. The van der Waals surface area contributed by atoms with Crippen LogP contribution in [0.2, 0.25) is 0 Å². The molecule has 0 aliphatic carbocycles. The summed E-state index contributed by atoms with van der Waals surface area (Å²) in [7, 11) is 0. The zero-order valence-corrected chi connectivity index (χ0v) is 12.7. The Balaban J connectivity index is 2.41. The van der Waals surface area contributed by atoms with Crippen LogP contribution in [0.4, 0.5) is 0 Å². The van der Waals surface area contributed by atoms with E-state index in [-0.39, 0.29) is 0 Å². The number of aryl methyl sites for hydroxylation is 3. The molecule has 0 aromatic heterocycles. The van der Waals surface area contributed by atoms with Crippen molar-refractivity contribution in [3.05, 3.63) is 28.8 Å². The summed E-state index contributed by atoms with van der Waals surface area (Å²) in [6.07, 6.45) is 0. The maximum absolute atomic E-state index is 5.87. The van der Waals surface area contributed by atoms with Gasteiger partial charge in [-0.3, -0.25) is 0 Å². The molecule has 0 aliphatic heterocycles. The van der Waals surface area contributed by atoms with Gasteiger partial charge in [0.2, 0.25) is 0 Å². The molecule has 0 saturated heterocycles. The summed E-state index contributed by atoms with van der Waals surface area (Å²) in [5, 5.41) is 3.42. The molecule has 102 valence electrons. The van der Waals surface area contributed by atoms with Crippen LogP contribution in [-0.4, -0.2) is 19.7 Å². The highest BCUT2D eigenvalue weighted by Crippen LogP contribution is 2.24. The average Bonchev–Trinajstić information content (AvgIpc) is 2.19. The molecule has 0 radical (unpaired) electrons. The van der Waals surface area contributed by atoms with Gasteiger partial charge in [-0.1, -0.05) is 38.5 Å². The van der Waals surface area contributed by atoms with Crippen molar-refractivity contribution >= 4 is 0 Å². The van der Waals surface area contributed by atoms with Gasteiger partial charge in [0.1, 0.15) is 12.4 Å². The largest absolute Gasteiger partial charge is 0.492 e. The maximum atomic E-state index is 5.87. The van der Waals surface area contributed by atoms with E-state index in [1.54, 1.807) is 0 Å². The lowest BCUT2D eigenvalue weighted by Crippen LogP contribution is -2.30. The molecule has 1 N–H and O–H groups in total. The monoisotopic (exact) mass is 249 g/mol. The molecule has 0 saturated carbocycles. The second kappa shape index (κ2) is 6.24. The van der Waals surface area contributed by atoms with E-state index >= 15 is 0 Å². The van der Waals surface area contributed by atoms with Crippen LogP contribution in [0.1, 0.15) is 37.5 Å². The van der Waals surface area contributed by atoms with E-state index in [1.807, 2.05) is 0 Å². The first-order chi connectivity index (χ1) is 8.29. The minimum absolute atomic E-state index is 0.329. The lowest BCUT2D eigenvalue weighted by atomic mass is 9.97. The third kappa shape index (κ3) is 5.09. The number of benzene rings is 1. The van der Waals surface area contributed by atoms with E-state index in [9.17, 15) is 0 Å². The van der Waals surface area contributed by atoms with Gasteiger partial charge in [-0.05, 0) is 37.3 Å². The smallest absolute Gasteiger partial charge is 0.125 e. The quantitative estimate of drug-likeness (QED) is 0.805. The predicted molar refractivity (Wildman–Crippen MR) is 78.5 cm³/mol. The Morgan fingerprint density at radius 2 is 1.61 bits per heavy atom. The first-order valence-corrected chi connectivity index (χ1v) is 6.71. The van der Waals surface area contributed by atoms with E-state index in [2.05, 4.69) is 59.0 Å². The molecule has 0 atom stereocenters. The van der Waals surface area contributed by atoms with E-state index in [1.165, 1.54) is 16.7 Å². The molecule has 1 rings (SSSR count). The van der Waals surface area contributed by atoms with Crippen molar-refractivity contribution in [2.24, 2.45) is 5.41 Å². The molecule has 1 aromatic carbocycles. The number of nitrogens with one attached hydrogen (secondary N) is 1. The highest BCUT2D eigenvalue weighted by Gasteiger charge is 2.09. The van der Waals surface area contributed by atoms with Gasteiger partial charge in [-0.25, -0.2) is 0 Å². The van der Waals surface area contributed by atoms with Gasteiger partial charge >= 0.3 is 0 Å². The fourth-order valence-corrected chi connectivity index (χ4v) is 2.08. The van der Waals surface area contributed by atoms with Crippen molar-refractivity contribution in [2.75, 3.05) is 19.7 Å². The highest BCUT2D eigenvalue weighted by molar-refractivity contribution is 5.42. The normalized spacial score (nSPS) is 11.7. The van der Waals surface area contributed by atoms with Crippen molar-refractivity contribution in [3.8, 4) is 5.75 Å². The Morgan fingerprint density at radius 1 is 1.06 bits per heavy atom. The lowest BCUT2D eigenvalue weighted by Gasteiger charge is -2.19. The fourth-order valence-electron chi connectivity index (χ4n) is 2.08. The Kier molecular flexibility index (Phi) is 5.21. The molecule has 18 heavy (non-hydrogen) atoms. The lowest BCUT2D eigenvalue weighted by molar-refractivity contribution is 0.294.